The Hall–Kier alpha value is -3.81. The van der Waals surface area contributed by atoms with E-state index in [1.54, 1.807) is 6.20 Å². The Bertz CT molecular complexity index is 1630. The predicted octanol–water partition coefficient (Wildman–Crippen LogP) is 4.66. The minimum absolute atomic E-state index is 0.152. The van der Waals surface area contributed by atoms with Crippen LogP contribution in [0.3, 0.4) is 0 Å². The van der Waals surface area contributed by atoms with Crippen LogP contribution in [0, 0.1) is 17.2 Å². The van der Waals surface area contributed by atoms with Crippen molar-refractivity contribution in [2.24, 2.45) is 5.92 Å². The number of rotatable bonds is 7. The third kappa shape index (κ3) is 5.26. The van der Waals surface area contributed by atoms with Crippen molar-refractivity contribution in [1.29, 1.82) is 5.26 Å². The Morgan fingerprint density at radius 2 is 1.68 bits per heavy atom. The van der Waals surface area contributed by atoms with Gasteiger partial charge >= 0.3 is 0 Å². The molecule has 38 heavy (non-hydrogen) atoms. The van der Waals surface area contributed by atoms with Gasteiger partial charge < -0.3 is 10.1 Å². The van der Waals surface area contributed by atoms with Gasteiger partial charge in [-0.05, 0) is 50.8 Å². The largest absolute Gasteiger partial charge is 0.474 e. The Balaban J connectivity index is 1.43. The van der Waals surface area contributed by atoms with Gasteiger partial charge in [0.2, 0.25) is 15.9 Å². The van der Waals surface area contributed by atoms with Gasteiger partial charge in [0.15, 0.2) is 5.82 Å². The number of nitriles is 1. The molecule has 1 fully saturated rings. The number of nitrogens with one attached hydrogen (secondary N) is 1. The molecule has 5 rings (SSSR count). The Kier molecular flexibility index (Phi) is 7.15. The lowest BCUT2D eigenvalue weighted by molar-refractivity contribution is 0.108. The minimum atomic E-state index is -3.18. The van der Waals surface area contributed by atoms with Crippen LogP contribution in [0.15, 0.2) is 54.7 Å². The second-order valence-electron chi connectivity index (χ2n) is 9.77. The quantitative estimate of drug-likeness (QED) is 0.366. The van der Waals surface area contributed by atoms with Gasteiger partial charge in [-0.2, -0.15) is 10.2 Å². The van der Waals surface area contributed by atoms with Crippen LogP contribution >= 0.6 is 0 Å². The summed E-state index contributed by atoms with van der Waals surface area (Å²) in [5.41, 5.74) is 2.69. The summed E-state index contributed by atoms with van der Waals surface area (Å²) >= 11 is 0. The maximum absolute atomic E-state index is 11.9. The normalized spacial score (nSPS) is 16.7. The molecular formula is C28H30N6O3S. The van der Waals surface area contributed by atoms with Crippen LogP contribution < -0.4 is 10.1 Å². The summed E-state index contributed by atoms with van der Waals surface area (Å²) in [4.78, 5) is 14.0. The van der Waals surface area contributed by atoms with Crippen molar-refractivity contribution in [1.82, 2.24) is 19.3 Å². The molecule has 9 nitrogen and oxygen atoms in total. The monoisotopic (exact) mass is 530 g/mol. The molecule has 4 aromatic rings. The Labute approximate surface area is 222 Å². The molecule has 196 valence electrons. The zero-order valence-corrected chi connectivity index (χ0v) is 22.4. The zero-order valence-electron chi connectivity index (χ0n) is 21.6. The topological polar surface area (TPSA) is 121 Å². The number of piperidine rings is 1. The number of aromatic nitrogens is 3. The average molecular weight is 531 g/mol. The third-order valence-corrected chi connectivity index (χ3v) is 8.46. The van der Waals surface area contributed by atoms with Crippen LogP contribution in [0.5, 0.6) is 5.88 Å². The number of benzene rings is 2. The second kappa shape index (κ2) is 10.5. The van der Waals surface area contributed by atoms with E-state index in [4.69, 9.17) is 14.7 Å². The molecule has 1 N–H and O–H groups in total. The van der Waals surface area contributed by atoms with Crippen LogP contribution in [-0.2, 0) is 10.0 Å². The van der Waals surface area contributed by atoms with E-state index < -0.39 is 10.0 Å². The first-order chi connectivity index (χ1) is 18.2. The van der Waals surface area contributed by atoms with Gasteiger partial charge in [0, 0.05) is 24.7 Å². The van der Waals surface area contributed by atoms with Gasteiger partial charge in [0.25, 0.3) is 0 Å². The van der Waals surface area contributed by atoms with Crippen molar-refractivity contribution in [3.8, 4) is 11.9 Å². The number of para-hydroxylation sites is 2. The van der Waals surface area contributed by atoms with E-state index in [0.717, 1.165) is 34.6 Å². The van der Waals surface area contributed by atoms with Crippen molar-refractivity contribution in [3.05, 3.63) is 66.1 Å². The number of anilines is 1. The standard InChI is InChI=1S/C28H30N6O3S/c1-18(31-26-21(16-29)17-30-24-10-6-4-8-22(24)26)27-32-25-11-7-5-9-23(25)28(33-27)37-19(2)20-12-14-34(15-13-20)38(3,35)36/h4-11,17-20H,12-15H2,1-3H3,(H,30,31). The van der Waals surface area contributed by atoms with Gasteiger partial charge in [-0.25, -0.2) is 17.7 Å². The van der Waals surface area contributed by atoms with Crippen LogP contribution in [0.2, 0.25) is 0 Å². The summed E-state index contributed by atoms with van der Waals surface area (Å²) in [6.45, 7) is 4.96. The van der Waals surface area contributed by atoms with Crippen molar-refractivity contribution >= 4 is 37.5 Å². The third-order valence-electron chi connectivity index (χ3n) is 7.16. The van der Waals surface area contributed by atoms with Crippen molar-refractivity contribution in [3.63, 3.8) is 0 Å². The van der Waals surface area contributed by atoms with Gasteiger partial charge in [0.1, 0.15) is 12.2 Å². The first-order valence-corrected chi connectivity index (χ1v) is 14.5. The van der Waals surface area contributed by atoms with E-state index in [2.05, 4.69) is 16.4 Å². The number of hydrogen-bond acceptors (Lipinski definition) is 8. The molecule has 1 aliphatic heterocycles. The minimum Gasteiger partial charge on any atom is -0.474 e. The molecule has 0 saturated carbocycles. The molecule has 0 aliphatic carbocycles. The lowest BCUT2D eigenvalue weighted by Gasteiger charge is -2.33. The van der Waals surface area contributed by atoms with E-state index in [9.17, 15) is 13.7 Å². The highest BCUT2D eigenvalue weighted by Crippen LogP contribution is 2.32. The molecule has 3 heterocycles. The molecule has 2 aromatic heterocycles. The number of nitrogens with zero attached hydrogens (tertiary/aromatic N) is 5. The summed E-state index contributed by atoms with van der Waals surface area (Å²) in [6.07, 6.45) is 4.14. The van der Waals surface area contributed by atoms with E-state index in [-0.39, 0.29) is 18.1 Å². The molecule has 2 atom stereocenters. The number of ether oxygens (including phenoxy) is 1. The molecule has 1 aliphatic rings. The Morgan fingerprint density at radius 1 is 1.03 bits per heavy atom. The fraction of sp³-hybridized carbons (Fsp3) is 0.357. The highest BCUT2D eigenvalue weighted by atomic mass is 32.2. The smallest absolute Gasteiger partial charge is 0.225 e. The molecule has 0 bridgehead atoms. The highest BCUT2D eigenvalue weighted by Gasteiger charge is 2.29. The van der Waals surface area contributed by atoms with Crippen molar-refractivity contribution < 1.29 is 13.2 Å². The van der Waals surface area contributed by atoms with E-state index >= 15 is 0 Å². The molecule has 0 amide bonds. The van der Waals surface area contributed by atoms with Crippen molar-refractivity contribution in [2.75, 3.05) is 24.7 Å². The average Bonchev–Trinajstić information content (AvgIpc) is 2.92. The maximum atomic E-state index is 11.9. The SMILES string of the molecule is CC(Nc1c(C#N)cnc2ccccc12)c1nc(OC(C)C2CCN(S(C)(=O)=O)CC2)c2ccccc2n1. The van der Waals surface area contributed by atoms with Gasteiger partial charge in [-0.15, -0.1) is 0 Å². The van der Waals surface area contributed by atoms with Crippen LogP contribution in [0.25, 0.3) is 21.8 Å². The van der Waals surface area contributed by atoms with Crippen LogP contribution in [0.1, 0.15) is 44.1 Å². The predicted molar refractivity (Wildman–Crippen MR) is 147 cm³/mol. The fourth-order valence-corrected chi connectivity index (χ4v) is 5.83. The number of pyridine rings is 1. The van der Waals surface area contributed by atoms with E-state index in [1.807, 2.05) is 62.4 Å². The van der Waals surface area contributed by atoms with E-state index in [0.29, 0.717) is 36.0 Å². The lowest BCUT2D eigenvalue weighted by atomic mass is 9.93. The second-order valence-corrected chi connectivity index (χ2v) is 11.8. The fourth-order valence-electron chi connectivity index (χ4n) is 4.96. The molecule has 0 radical (unpaired) electrons. The molecule has 10 heteroatoms. The van der Waals surface area contributed by atoms with Crippen molar-refractivity contribution in [2.45, 2.75) is 38.8 Å². The Morgan fingerprint density at radius 3 is 2.37 bits per heavy atom. The van der Waals surface area contributed by atoms with Crippen LogP contribution in [-0.4, -0.2) is 53.1 Å². The maximum Gasteiger partial charge on any atom is 0.225 e. The first-order valence-electron chi connectivity index (χ1n) is 12.7. The summed E-state index contributed by atoms with van der Waals surface area (Å²) in [5.74, 6) is 1.25. The summed E-state index contributed by atoms with van der Waals surface area (Å²) < 4.78 is 31.8. The molecule has 0 spiro atoms. The molecular weight excluding hydrogens is 500 g/mol. The molecule has 1 saturated heterocycles. The first kappa shape index (κ1) is 25.8. The van der Waals surface area contributed by atoms with E-state index in [1.165, 1.54) is 10.6 Å². The zero-order chi connectivity index (χ0) is 26.9. The highest BCUT2D eigenvalue weighted by molar-refractivity contribution is 7.88. The number of fused-ring (bicyclic) bond motifs is 2. The summed E-state index contributed by atoms with van der Waals surface area (Å²) in [6, 6.07) is 17.3. The van der Waals surface area contributed by atoms with Crippen LogP contribution in [0.4, 0.5) is 5.69 Å². The van der Waals surface area contributed by atoms with Gasteiger partial charge in [-0.1, -0.05) is 30.3 Å². The van der Waals surface area contributed by atoms with Gasteiger partial charge in [-0.3, -0.25) is 4.98 Å². The molecule has 2 aromatic carbocycles. The van der Waals surface area contributed by atoms with Gasteiger partial charge in [0.05, 0.1) is 40.0 Å². The molecule has 2 unspecified atom stereocenters. The summed E-state index contributed by atoms with van der Waals surface area (Å²) in [5, 5.41) is 14.8. The number of hydrogen-bond donors (Lipinski definition) is 1. The summed E-state index contributed by atoms with van der Waals surface area (Å²) in [7, 11) is -3.18. The number of sulfonamides is 1. The lowest BCUT2D eigenvalue weighted by Crippen LogP contribution is -2.41.